The fraction of sp³-hybridized carbons (Fsp3) is 0.0625. The molecule has 0 saturated carbocycles. The van der Waals surface area contributed by atoms with E-state index in [1.54, 1.807) is 18.5 Å². The molecule has 4 aromatic heterocycles. The van der Waals surface area contributed by atoms with Crippen LogP contribution in [-0.2, 0) is 6.42 Å². The number of nitrogens with one attached hydrogen (secondary N) is 2. The molecule has 0 fully saturated rings. The maximum absolute atomic E-state index is 12.2. The van der Waals surface area contributed by atoms with Gasteiger partial charge in [0.15, 0.2) is 0 Å². The highest BCUT2D eigenvalue weighted by molar-refractivity contribution is 6.03. The summed E-state index contributed by atoms with van der Waals surface area (Å²) >= 11 is 0. The van der Waals surface area contributed by atoms with Crippen LogP contribution in [0.2, 0.25) is 0 Å². The molecular weight excluding hydrogens is 500 g/mol. The highest BCUT2D eigenvalue weighted by Gasteiger charge is 2.12. The molecule has 2 amide bonds. The molecule has 0 radical (unpaired) electrons. The van der Waals surface area contributed by atoms with Crippen LogP contribution in [0, 0.1) is 0 Å². The third-order valence-electron chi connectivity index (χ3n) is 6.16. The first-order valence-electron chi connectivity index (χ1n) is 12.8. The lowest BCUT2D eigenvalue weighted by Crippen LogP contribution is -2.11. The molecule has 2 N–H and O–H groups in total. The Morgan fingerprint density at radius 3 is 1.70 bits per heavy atom. The van der Waals surface area contributed by atoms with Gasteiger partial charge in [0.05, 0.1) is 0 Å². The van der Waals surface area contributed by atoms with E-state index in [-0.39, 0.29) is 11.8 Å². The number of benzene rings is 2. The summed E-state index contributed by atoms with van der Waals surface area (Å²) < 4.78 is 3.70. The van der Waals surface area contributed by atoms with Crippen LogP contribution in [0.15, 0.2) is 116 Å². The van der Waals surface area contributed by atoms with Gasteiger partial charge in [0.25, 0.3) is 11.8 Å². The molecule has 40 heavy (non-hydrogen) atoms. The molecule has 0 unspecified atom stereocenters. The summed E-state index contributed by atoms with van der Waals surface area (Å²) in [6.45, 7) is 5.82. The van der Waals surface area contributed by atoms with E-state index in [9.17, 15) is 9.59 Å². The monoisotopic (exact) mass is 528 g/mol. The molecule has 0 saturated heterocycles. The van der Waals surface area contributed by atoms with E-state index in [4.69, 9.17) is 0 Å². The van der Waals surface area contributed by atoms with Crippen molar-refractivity contribution in [2.24, 2.45) is 0 Å². The van der Waals surface area contributed by atoms with Crippen molar-refractivity contribution < 1.29 is 9.59 Å². The third kappa shape index (κ3) is 6.14. The number of nitrogens with zero attached hydrogens (tertiary/aromatic N) is 4. The van der Waals surface area contributed by atoms with Crippen molar-refractivity contribution in [2.45, 2.75) is 13.3 Å². The van der Waals surface area contributed by atoms with Crippen molar-refractivity contribution in [1.82, 2.24) is 18.8 Å². The number of imidazole rings is 2. The standard InChI is InChI=1S/C16H15N3O.C16H13N3O/c2*1-2-12-8-9-15-18-14(11-19(15)10-12)16(20)17-13-6-4-3-5-7-13/h3-11H,2H2,1H3,(H,17,20);2-11H,1H2,(H,17,20). The minimum atomic E-state index is -0.222. The zero-order valence-electron chi connectivity index (χ0n) is 22.0. The lowest BCUT2D eigenvalue weighted by Gasteiger charge is -2.01. The molecule has 4 heterocycles. The van der Waals surface area contributed by atoms with Crippen molar-refractivity contribution in [1.29, 1.82) is 0 Å². The zero-order chi connectivity index (χ0) is 27.9. The van der Waals surface area contributed by atoms with Crippen LogP contribution in [0.4, 0.5) is 11.4 Å². The zero-order valence-corrected chi connectivity index (χ0v) is 22.0. The molecule has 0 bridgehead atoms. The summed E-state index contributed by atoms with van der Waals surface area (Å²) in [5, 5.41) is 5.65. The minimum absolute atomic E-state index is 0.196. The van der Waals surface area contributed by atoms with Gasteiger partial charge in [-0.1, -0.05) is 62.0 Å². The van der Waals surface area contributed by atoms with Crippen LogP contribution in [0.1, 0.15) is 39.0 Å². The molecule has 0 aliphatic rings. The Hall–Kier alpha value is -5.50. The Morgan fingerprint density at radius 1 is 0.700 bits per heavy atom. The van der Waals surface area contributed by atoms with Gasteiger partial charge in [-0.25, -0.2) is 9.97 Å². The molecule has 0 atom stereocenters. The quantitative estimate of drug-likeness (QED) is 0.262. The van der Waals surface area contributed by atoms with Gasteiger partial charge in [-0.2, -0.15) is 0 Å². The number of carbonyl (C=O) groups excluding carboxylic acids is 2. The van der Waals surface area contributed by atoms with Crippen molar-refractivity contribution >= 4 is 40.6 Å². The first-order chi connectivity index (χ1) is 19.5. The minimum Gasteiger partial charge on any atom is -0.321 e. The smallest absolute Gasteiger partial charge is 0.275 e. The molecular formula is C32H28N6O2. The van der Waals surface area contributed by atoms with Gasteiger partial charge in [-0.05, 0) is 60.0 Å². The summed E-state index contributed by atoms with van der Waals surface area (Å²) in [6, 6.07) is 26.4. The lowest BCUT2D eigenvalue weighted by molar-refractivity contribution is 0.101. The average Bonchev–Trinajstić information content (AvgIpc) is 3.62. The van der Waals surface area contributed by atoms with Crippen LogP contribution in [0.25, 0.3) is 17.4 Å². The van der Waals surface area contributed by atoms with E-state index >= 15 is 0 Å². The third-order valence-corrected chi connectivity index (χ3v) is 6.16. The summed E-state index contributed by atoms with van der Waals surface area (Å²) in [7, 11) is 0. The molecule has 198 valence electrons. The molecule has 8 heteroatoms. The number of hydrogen-bond acceptors (Lipinski definition) is 4. The summed E-state index contributed by atoms with van der Waals surface area (Å²) in [4.78, 5) is 32.9. The Kier molecular flexibility index (Phi) is 7.78. The van der Waals surface area contributed by atoms with Crippen molar-refractivity contribution in [2.75, 3.05) is 10.6 Å². The lowest BCUT2D eigenvalue weighted by atomic mass is 10.2. The number of para-hydroxylation sites is 2. The van der Waals surface area contributed by atoms with Crippen LogP contribution in [0.3, 0.4) is 0 Å². The normalized spacial score (nSPS) is 10.5. The van der Waals surface area contributed by atoms with E-state index in [1.165, 1.54) is 5.56 Å². The molecule has 0 aliphatic heterocycles. The Morgan fingerprint density at radius 2 is 1.20 bits per heavy atom. The number of fused-ring (bicyclic) bond motifs is 2. The van der Waals surface area contributed by atoms with Gasteiger partial charge in [-0.3, -0.25) is 9.59 Å². The van der Waals surface area contributed by atoms with Crippen LogP contribution < -0.4 is 10.6 Å². The second kappa shape index (κ2) is 11.9. The van der Waals surface area contributed by atoms with E-state index in [0.717, 1.165) is 34.7 Å². The van der Waals surface area contributed by atoms with Gasteiger partial charge in [0.1, 0.15) is 22.7 Å². The second-order valence-corrected chi connectivity index (χ2v) is 8.98. The number of hydrogen-bond donors (Lipinski definition) is 2. The second-order valence-electron chi connectivity index (χ2n) is 8.98. The largest absolute Gasteiger partial charge is 0.321 e. The van der Waals surface area contributed by atoms with Crippen LogP contribution in [-0.4, -0.2) is 30.6 Å². The van der Waals surface area contributed by atoms with E-state index in [2.05, 4.69) is 34.1 Å². The Bertz CT molecular complexity index is 1790. The molecule has 8 nitrogen and oxygen atoms in total. The SMILES string of the molecule is C=Cc1ccc2nc(C(=O)Nc3ccccc3)cn2c1.CCc1ccc2nc(C(=O)Nc3ccccc3)cn2c1. The topological polar surface area (TPSA) is 92.8 Å². The fourth-order valence-electron chi connectivity index (χ4n) is 4.03. The highest BCUT2D eigenvalue weighted by Crippen LogP contribution is 2.13. The highest BCUT2D eigenvalue weighted by atomic mass is 16.2. The van der Waals surface area contributed by atoms with Gasteiger partial charge in [0.2, 0.25) is 0 Å². The summed E-state index contributed by atoms with van der Waals surface area (Å²) in [6.07, 6.45) is 10.1. The van der Waals surface area contributed by atoms with Crippen molar-refractivity contribution in [3.05, 3.63) is 139 Å². The number of amides is 2. The van der Waals surface area contributed by atoms with Gasteiger partial charge in [-0.15, -0.1) is 0 Å². The maximum atomic E-state index is 12.2. The number of anilines is 2. The van der Waals surface area contributed by atoms with E-state index < -0.39 is 0 Å². The van der Waals surface area contributed by atoms with E-state index in [1.807, 2.05) is 106 Å². The average molecular weight is 529 g/mol. The van der Waals surface area contributed by atoms with Crippen LogP contribution in [0.5, 0.6) is 0 Å². The predicted octanol–water partition coefficient (Wildman–Crippen LogP) is 6.38. The summed E-state index contributed by atoms with van der Waals surface area (Å²) in [5.74, 6) is -0.419. The fourth-order valence-corrected chi connectivity index (χ4v) is 4.03. The summed E-state index contributed by atoms with van der Waals surface area (Å²) in [5.41, 5.74) is 6.02. The first-order valence-corrected chi connectivity index (χ1v) is 12.8. The Balaban J connectivity index is 0.000000161. The number of aromatic nitrogens is 4. The van der Waals surface area contributed by atoms with Gasteiger partial charge >= 0.3 is 0 Å². The van der Waals surface area contributed by atoms with Crippen molar-refractivity contribution in [3.63, 3.8) is 0 Å². The molecule has 6 aromatic rings. The number of aryl methyl sites for hydroxylation is 1. The molecule has 2 aromatic carbocycles. The van der Waals surface area contributed by atoms with Crippen LogP contribution >= 0.6 is 0 Å². The number of rotatable bonds is 6. The first kappa shape index (κ1) is 26.1. The molecule has 6 rings (SSSR count). The maximum Gasteiger partial charge on any atom is 0.275 e. The molecule has 0 aliphatic carbocycles. The van der Waals surface area contributed by atoms with E-state index in [0.29, 0.717) is 11.4 Å². The molecule has 0 spiro atoms. The van der Waals surface area contributed by atoms with Crippen molar-refractivity contribution in [3.8, 4) is 0 Å². The predicted molar refractivity (Wildman–Crippen MR) is 159 cm³/mol. The number of pyridine rings is 2. The van der Waals surface area contributed by atoms with Gasteiger partial charge < -0.3 is 19.4 Å². The Labute approximate surface area is 231 Å². The number of carbonyl (C=O) groups is 2. The van der Waals surface area contributed by atoms with Gasteiger partial charge in [0, 0.05) is 36.2 Å².